The van der Waals surface area contributed by atoms with Gasteiger partial charge in [-0.25, -0.2) is 8.42 Å². The van der Waals surface area contributed by atoms with Gasteiger partial charge >= 0.3 is 0 Å². The van der Waals surface area contributed by atoms with Gasteiger partial charge in [-0.3, -0.25) is 14.4 Å². The monoisotopic (exact) mass is 444 g/mol. The SMILES string of the molecule is Cc1ccc(-c2nnc(NC(=O)[C@H]3CN(S(C)(=O)=O)c4ccc(C)cc4O3)s2)cc1. The van der Waals surface area contributed by atoms with E-state index in [-0.39, 0.29) is 6.54 Å². The third kappa shape index (κ3) is 4.14. The van der Waals surface area contributed by atoms with Crippen molar-refractivity contribution in [3.05, 3.63) is 53.6 Å². The molecule has 4 rings (SSSR count). The van der Waals surface area contributed by atoms with E-state index >= 15 is 0 Å². The summed E-state index contributed by atoms with van der Waals surface area (Å²) in [6.07, 6.45) is 0.0935. The van der Waals surface area contributed by atoms with Crippen molar-refractivity contribution in [1.29, 1.82) is 0 Å². The molecule has 3 aromatic rings. The fourth-order valence-electron chi connectivity index (χ4n) is 3.08. The predicted octanol–water partition coefficient (Wildman–Crippen LogP) is 2.99. The lowest BCUT2D eigenvalue weighted by Gasteiger charge is -2.33. The molecular formula is C20H20N4O4S2. The average Bonchev–Trinajstić information content (AvgIpc) is 3.15. The number of amides is 1. The fraction of sp³-hybridized carbons (Fsp3) is 0.250. The number of hydrogen-bond donors (Lipinski definition) is 1. The molecule has 0 aliphatic carbocycles. The van der Waals surface area contributed by atoms with E-state index in [0.29, 0.717) is 21.6 Å². The van der Waals surface area contributed by atoms with Gasteiger partial charge in [0, 0.05) is 5.56 Å². The van der Waals surface area contributed by atoms with Gasteiger partial charge < -0.3 is 4.74 Å². The topological polar surface area (TPSA) is 101 Å². The van der Waals surface area contributed by atoms with E-state index in [1.54, 1.807) is 18.2 Å². The van der Waals surface area contributed by atoms with Crippen molar-refractivity contribution in [1.82, 2.24) is 10.2 Å². The van der Waals surface area contributed by atoms with Gasteiger partial charge in [0.25, 0.3) is 5.91 Å². The van der Waals surface area contributed by atoms with Gasteiger partial charge in [0.05, 0.1) is 18.5 Å². The van der Waals surface area contributed by atoms with Gasteiger partial charge in [-0.15, -0.1) is 10.2 Å². The number of nitrogens with one attached hydrogen (secondary N) is 1. The Kier molecular flexibility index (Phi) is 5.20. The molecule has 30 heavy (non-hydrogen) atoms. The summed E-state index contributed by atoms with van der Waals surface area (Å²) in [5.41, 5.74) is 3.36. The Bertz CT molecular complexity index is 1210. The summed E-state index contributed by atoms with van der Waals surface area (Å²) < 4.78 is 31.5. The summed E-state index contributed by atoms with van der Waals surface area (Å²) in [7, 11) is -3.58. The van der Waals surface area contributed by atoms with E-state index in [2.05, 4.69) is 15.5 Å². The molecule has 1 amide bonds. The summed E-state index contributed by atoms with van der Waals surface area (Å²) in [5, 5.41) is 11.8. The average molecular weight is 445 g/mol. The second-order valence-corrected chi connectivity index (χ2v) is 10.0. The normalized spacial score (nSPS) is 16.0. The molecule has 1 aromatic heterocycles. The summed E-state index contributed by atoms with van der Waals surface area (Å²) in [6, 6.07) is 13.0. The number of carbonyl (C=O) groups is 1. The minimum absolute atomic E-state index is 0.121. The van der Waals surface area contributed by atoms with Crippen LogP contribution in [0, 0.1) is 13.8 Å². The standard InChI is InChI=1S/C20H20N4O4S2/c1-12-4-7-14(8-5-12)19-22-23-20(29-19)21-18(25)17-11-24(30(3,26)27)15-9-6-13(2)10-16(15)28-17/h4-10,17H,11H2,1-3H3,(H,21,23,25)/t17-/m1/s1. The molecule has 1 N–H and O–H groups in total. The van der Waals surface area contributed by atoms with Crippen molar-refractivity contribution in [3.8, 4) is 16.3 Å². The molecule has 1 aliphatic heterocycles. The van der Waals surface area contributed by atoms with Crippen LogP contribution >= 0.6 is 11.3 Å². The first kappa shape index (κ1) is 20.3. The van der Waals surface area contributed by atoms with Crippen molar-refractivity contribution in [2.45, 2.75) is 20.0 Å². The smallest absolute Gasteiger partial charge is 0.269 e. The molecule has 0 radical (unpaired) electrons. The van der Waals surface area contributed by atoms with Crippen molar-refractivity contribution >= 4 is 38.1 Å². The number of hydrogen-bond acceptors (Lipinski definition) is 7. The number of benzene rings is 2. The second-order valence-electron chi connectivity index (χ2n) is 7.14. The van der Waals surface area contributed by atoms with Crippen LogP contribution in [-0.4, -0.2) is 43.4 Å². The Morgan fingerprint density at radius 3 is 2.53 bits per heavy atom. The first-order valence-corrected chi connectivity index (χ1v) is 11.8. The lowest BCUT2D eigenvalue weighted by Crippen LogP contribution is -2.48. The number of fused-ring (bicyclic) bond motifs is 1. The number of rotatable bonds is 4. The zero-order valence-corrected chi connectivity index (χ0v) is 18.3. The Hall–Kier alpha value is -2.98. The van der Waals surface area contributed by atoms with E-state index in [4.69, 9.17) is 4.74 Å². The highest BCUT2D eigenvalue weighted by Gasteiger charge is 2.35. The first-order valence-electron chi connectivity index (χ1n) is 9.17. The third-order valence-corrected chi connectivity index (χ3v) is 6.67. The highest BCUT2D eigenvalue weighted by molar-refractivity contribution is 7.92. The largest absolute Gasteiger partial charge is 0.476 e. The van der Waals surface area contributed by atoms with Crippen molar-refractivity contribution in [2.75, 3.05) is 22.4 Å². The van der Waals surface area contributed by atoms with Crippen LogP contribution < -0.4 is 14.4 Å². The molecule has 0 bridgehead atoms. The van der Waals surface area contributed by atoms with Gasteiger partial charge in [0.15, 0.2) is 6.10 Å². The maximum atomic E-state index is 12.8. The second kappa shape index (κ2) is 7.69. The maximum Gasteiger partial charge on any atom is 0.269 e. The molecule has 8 nitrogen and oxygen atoms in total. The van der Waals surface area contributed by atoms with Gasteiger partial charge in [-0.1, -0.05) is 47.2 Å². The first-order chi connectivity index (χ1) is 14.2. The Morgan fingerprint density at radius 2 is 1.83 bits per heavy atom. The van der Waals surface area contributed by atoms with E-state index in [0.717, 1.165) is 22.9 Å². The molecule has 0 unspecified atom stereocenters. The molecule has 0 spiro atoms. The predicted molar refractivity (Wildman–Crippen MR) is 116 cm³/mol. The van der Waals surface area contributed by atoms with E-state index in [1.165, 1.54) is 15.6 Å². The van der Waals surface area contributed by atoms with Crippen LogP contribution in [0.15, 0.2) is 42.5 Å². The van der Waals surface area contributed by atoms with Gasteiger partial charge in [0.2, 0.25) is 15.2 Å². The molecule has 10 heteroatoms. The van der Waals surface area contributed by atoms with Crippen molar-refractivity contribution in [3.63, 3.8) is 0 Å². The zero-order chi connectivity index (χ0) is 21.5. The van der Waals surface area contributed by atoms with Crippen LogP contribution in [0.1, 0.15) is 11.1 Å². The fourth-order valence-corrected chi connectivity index (χ4v) is 4.75. The van der Waals surface area contributed by atoms with Gasteiger partial charge in [-0.2, -0.15) is 0 Å². The third-order valence-electron chi connectivity index (χ3n) is 4.63. The zero-order valence-electron chi connectivity index (χ0n) is 16.6. The Morgan fingerprint density at radius 1 is 1.13 bits per heavy atom. The van der Waals surface area contributed by atoms with Crippen LogP contribution in [0.4, 0.5) is 10.8 Å². The van der Waals surface area contributed by atoms with E-state index < -0.39 is 22.0 Å². The summed E-state index contributed by atoms with van der Waals surface area (Å²) >= 11 is 1.24. The highest BCUT2D eigenvalue weighted by atomic mass is 32.2. The van der Waals surface area contributed by atoms with Crippen LogP contribution in [0.5, 0.6) is 5.75 Å². The van der Waals surface area contributed by atoms with Gasteiger partial charge in [-0.05, 0) is 31.5 Å². The molecule has 0 saturated carbocycles. The highest BCUT2D eigenvalue weighted by Crippen LogP contribution is 2.36. The molecule has 1 aliphatic rings. The van der Waals surface area contributed by atoms with Crippen LogP contribution in [0.2, 0.25) is 0 Å². The Balaban J connectivity index is 1.55. The lowest BCUT2D eigenvalue weighted by atomic mass is 10.1. The van der Waals surface area contributed by atoms with Crippen molar-refractivity contribution < 1.29 is 17.9 Å². The number of aryl methyl sites for hydroxylation is 2. The minimum atomic E-state index is -3.58. The summed E-state index contributed by atoms with van der Waals surface area (Å²) in [4.78, 5) is 12.8. The van der Waals surface area contributed by atoms with E-state index in [1.807, 2.05) is 38.1 Å². The number of carbonyl (C=O) groups excluding carboxylic acids is 1. The maximum absolute atomic E-state index is 12.8. The number of aromatic nitrogens is 2. The lowest BCUT2D eigenvalue weighted by molar-refractivity contribution is -0.122. The number of nitrogens with zero attached hydrogens (tertiary/aromatic N) is 3. The van der Waals surface area contributed by atoms with E-state index in [9.17, 15) is 13.2 Å². The molecule has 2 heterocycles. The van der Waals surface area contributed by atoms with Crippen molar-refractivity contribution in [2.24, 2.45) is 0 Å². The summed E-state index contributed by atoms with van der Waals surface area (Å²) in [6.45, 7) is 3.75. The molecule has 0 saturated heterocycles. The molecule has 0 fully saturated rings. The van der Waals surface area contributed by atoms with Crippen LogP contribution in [0.25, 0.3) is 10.6 Å². The quantitative estimate of drug-likeness (QED) is 0.664. The molecule has 156 valence electrons. The Labute approximate surface area is 178 Å². The van der Waals surface area contributed by atoms with Crippen LogP contribution in [-0.2, 0) is 14.8 Å². The molecule has 1 atom stereocenters. The minimum Gasteiger partial charge on any atom is -0.476 e. The molecule has 2 aromatic carbocycles. The van der Waals surface area contributed by atoms with Crippen LogP contribution in [0.3, 0.4) is 0 Å². The number of sulfonamides is 1. The molecular weight excluding hydrogens is 424 g/mol. The number of ether oxygens (including phenoxy) is 1. The van der Waals surface area contributed by atoms with Gasteiger partial charge in [0.1, 0.15) is 10.8 Å². The number of anilines is 2. The summed E-state index contributed by atoms with van der Waals surface area (Å²) in [5.74, 6) is -0.133.